The van der Waals surface area contributed by atoms with Crippen LogP contribution in [0, 0.1) is 0 Å². The van der Waals surface area contributed by atoms with Gasteiger partial charge in [-0.25, -0.2) is 4.98 Å². The van der Waals surface area contributed by atoms with E-state index in [9.17, 15) is 13.2 Å². The smallest absolute Gasteiger partial charge is 0.377 e. The van der Waals surface area contributed by atoms with Crippen LogP contribution in [-0.4, -0.2) is 4.98 Å². The van der Waals surface area contributed by atoms with Gasteiger partial charge in [0.15, 0.2) is 0 Å². The van der Waals surface area contributed by atoms with Crippen molar-refractivity contribution in [2.24, 2.45) is 0 Å². The van der Waals surface area contributed by atoms with Gasteiger partial charge < -0.3 is 5.32 Å². The molecule has 0 aliphatic rings. The molecule has 1 aromatic carbocycles. The minimum absolute atomic E-state index is 0.227. The molecule has 112 valence electrons. The Kier molecular flexibility index (Phi) is 4.64. The van der Waals surface area contributed by atoms with E-state index in [1.54, 1.807) is 18.2 Å². The van der Waals surface area contributed by atoms with Crippen LogP contribution in [0.25, 0.3) is 0 Å². The highest BCUT2D eigenvalue weighted by molar-refractivity contribution is 6.33. The van der Waals surface area contributed by atoms with Gasteiger partial charge in [-0.05, 0) is 42.8 Å². The van der Waals surface area contributed by atoms with Gasteiger partial charge in [-0.2, -0.15) is 13.2 Å². The van der Waals surface area contributed by atoms with Gasteiger partial charge in [0.05, 0.1) is 17.9 Å². The molecule has 0 saturated heterocycles. The van der Waals surface area contributed by atoms with Crippen molar-refractivity contribution in [2.75, 3.05) is 5.32 Å². The zero-order valence-electron chi connectivity index (χ0n) is 10.9. The van der Waals surface area contributed by atoms with Crippen molar-refractivity contribution in [3.8, 4) is 0 Å². The van der Waals surface area contributed by atoms with Crippen molar-refractivity contribution >= 4 is 28.9 Å². The van der Waals surface area contributed by atoms with Crippen LogP contribution in [-0.2, 0) is 6.18 Å². The van der Waals surface area contributed by atoms with Gasteiger partial charge >= 0.3 is 6.18 Å². The molecule has 2 rings (SSSR count). The maximum atomic E-state index is 12.4. The molecule has 2 aromatic rings. The van der Waals surface area contributed by atoms with E-state index < -0.39 is 11.9 Å². The molecule has 21 heavy (non-hydrogen) atoms. The first kappa shape index (κ1) is 15.9. The summed E-state index contributed by atoms with van der Waals surface area (Å²) in [5.41, 5.74) is 0.289. The van der Waals surface area contributed by atoms with Crippen molar-refractivity contribution in [3.05, 3.63) is 57.8 Å². The molecule has 0 radical (unpaired) electrons. The Morgan fingerprint density at radius 3 is 2.43 bits per heavy atom. The fourth-order valence-electron chi connectivity index (χ4n) is 1.82. The van der Waals surface area contributed by atoms with Gasteiger partial charge in [0.1, 0.15) is 5.69 Å². The average molecular weight is 335 g/mol. The number of hydrogen-bond donors (Lipinski definition) is 1. The molecular formula is C14H11Cl2F3N2. The van der Waals surface area contributed by atoms with Crippen molar-refractivity contribution in [1.29, 1.82) is 0 Å². The van der Waals surface area contributed by atoms with Crippen LogP contribution in [0.3, 0.4) is 0 Å². The lowest BCUT2D eigenvalue weighted by molar-refractivity contribution is -0.141. The van der Waals surface area contributed by atoms with E-state index in [2.05, 4.69) is 10.3 Å². The van der Waals surface area contributed by atoms with Crippen LogP contribution >= 0.6 is 23.2 Å². The summed E-state index contributed by atoms with van der Waals surface area (Å²) in [7, 11) is 0. The number of aromatic nitrogens is 1. The summed E-state index contributed by atoms with van der Waals surface area (Å²) in [6.07, 6.45) is -3.31. The third kappa shape index (κ3) is 4.02. The molecule has 1 heterocycles. The number of halogens is 5. The highest BCUT2D eigenvalue weighted by Gasteiger charge is 2.32. The molecule has 0 fully saturated rings. The molecule has 1 N–H and O–H groups in total. The van der Waals surface area contributed by atoms with Crippen LogP contribution in [0.1, 0.15) is 24.2 Å². The largest absolute Gasteiger partial charge is 0.433 e. The number of hydrogen-bond acceptors (Lipinski definition) is 2. The van der Waals surface area contributed by atoms with E-state index >= 15 is 0 Å². The van der Waals surface area contributed by atoms with Crippen LogP contribution in [0.15, 0.2) is 36.5 Å². The summed E-state index contributed by atoms with van der Waals surface area (Å²) >= 11 is 12.0. The molecule has 0 saturated carbocycles. The Morgan fingerprint density at radius 1 is 1.14 bits per heavy atom. The summed E-state index contributed by atoms with van der Waals surface area (Å²) < 4.78 is 37.3. The number of pyridine rings is 1. The van der Waals surface area contributed by atoms with E-state index in [4.69, 9.17) is 23.2 Å². The normalized spacial score (nSPS) is 13.0. The zero-order valence-corrected chi connectivity index (χ0v) is 12.4. The molecule has 2 nitrogen and oxygen atoms in total. The van der Waals surface area contributed by atoms with E-state index in [0.29, 0.717) is 15.7 Å². The average Bonchev–Trinajstić information content (AvgIpc) is 2.41. The number of nitrogens with zero attached hydrogens (tertiary/aromatic N) is 1. The Bertz CT molecular complexity index is 627. The highest BCUT2D eigenvalue weighted by Crippen LogP contribution is 2.30. The second-order valence-electron chi connectivity index (χ2n) is 4.46. The third-order valence-corrected chi connectivity index (χ3v) is 3.44. The Hall–Kier alpha value is -1.46. The topological polar surface area (TPSA) is 24.9 Å². The molecule has 0 aliphatic carbocycles. The summed E-state index contributed by atoms with van der Waals surface area (Å²) in [6, 6.07) is 7.07. The van der Waals surface area contributed by atoms with Crippen LogP contribution in [0.5, 0.6) is 0 Å². The molecule has 1 unspecified atom stereocenters. The second-order valence-corrected chi connectivity index (χ2v) is 5.31. The van der Waals surface area contributed by atoms with Crippen LogP contribution < -0.4 is 5.32 Å². The number of anilines is 1. The van der Waals surface area contributed by atoms with Gasteiger partial charge in [0.25, 0.3) is 0 Å². The maximum absolute atomic E-state index is 12.4. The molecule has 0 spiro atoms. The first-order valence-corrected chi connectivity index (χ1v) is 6.77. The lowest BCUT2D eigenvalue weighted by atomic mass is 10.1. The Balaban J connectivity index is 2.16. The van der Waals surface area contributed by atoms with Gasteiger partial charge in [-0.3, -0.25) is 0 Å². The number of benzene rings is 1. The standard InChI is InChI=1S/C14H11Cl2F3N2/c1-8(11-6-9(15)2-4-12(11)16)21-10-3-5-13(20-7-10)14(17,18)19/h2-8,21H,1H3. The van der Waals surface area contributed by atoms with Crippen molar-refractivity contribution in [1.82, 2.24) is 4.98 Å². The summed E-state index contributed by atoms with van der Waals surface area (Å²) in [5, 5.41) is 4.09. The van der Waals surface area contributed by atoms with Gasteiger partial charge in [-0.15, -0.1) is 0 Å². The van der Waals surface area contributed by atoms with Crippen LogP contribution in [0.2, 0.25) is 10.0 Å². The number of alkyl halides is 3. The lowest BCUT2D eigenvalue weighted by Crippen LogP contribution is -2.10. The maximum Gasteiger partial charge on any atom is 0.433 e. The van der Waals surface area contributed by atoms with Gasteiger partial charge in [-0.1, -0.05) is 23.2 Å². The quantitative estimate of drug-likeness (QED) is 0.792. The molecule has 0 aliphatic heterocycles. The SMILES string of the molecule is CC(Nc1ccc(C(F)(F)F)nc1)c1cc(Cl)ccc1Cl. The van der Waals surface area contributed by atoms with Crippen molar-refractivity contribution in [3.63, 3.8) is 0 Å². The predicted molar refractivity (Wildman–Crippen MR) is 77.7 cm³/mol. The first-order chi connectivity index (χ1) is 9.77. The van der Waals surface area contributed by atoms with Crippen molar-refractivity contribution in [2.45, 2.75) is 19.1 Å². The lowest BCUT2D eigenvalue weighted by Gasteiger charge is -2.17. The van der Waals surface area contributed by atoms with E-state index in [-0.39, 0.29) is 6.04 Å². The summed E-state index contributed by atoms with van der Waals surface area (Å²) in [6.45, 7) is 1.83. The minimum atomic E-state index is -4.44. The molecule has 7 heteroatoms. The van der Waals surface area contributed by atoms with E-state index in [1.807, 2.05) is 6.92 Å². The Labute approximate surface area is 129 Å². The third-order valence-electron chi connectivity index (χ3n) is 2.86. The number of rotatable bonds is 3. The molecular weight excluding hydrogens is 324 g/mol. The predicted octanol–water partition coefficient (Wildman–Crippen LogP) is 5.58. The molecule has 0 amide bonds. The fourth-order valence-corrected chi connectivity index (χ4v) is 2.28. The fraction of sp³-hybridized carbons (Fsp3) is 0.214. The van der Waals surface area contributed by atoms with E-state index in [1.165, 1.54) is 6.07 Å². The molecule has 1 aromatic heterocycles. The van der Waals surface area contributed by atoms with Crippen LogP contribution in [0.4, 0.5) is 18.9 Å². The minimum Gasteiger partial charge on any atom is -0.377 e. The van der Waals surface area contributed by atoms with E-state index in [0.717, 1.165) is 17.8 Å². The molecule has 1 atom stereocenters. The highest BCUT2D eigenvalue weighted by atomic mass is 35.5. The summed E-state index contributed by atoms with van der Waals surface area (Å²) in [4.78, 5) is 3.39. The zero-order chi connectivity index (χ0) is 15.6. The first-order valence-electron chi connectivity index (χ1n) is 6.02. The Morgan fingerprint density at radius 2 is 1.86 bits per heavy atom. The second kappa shape index (κ2) is 6.12. The molecule has 0 bridgehead atoms. The van der Waals surface area contributed by atoms with Gasteiger partial charge in [0.2, 0.25) is 0 Å². The van der Waals surface area contributed by atoms with Gasteiger partial charge in [0, 0.05) is 10.0 Å². The summed E-state index contributed by atoms with van der Waals surface area (Å²) in [5.74, 6) is 0. The monoisotopic (exact) mass is 334 g/mol. The number of nitrogens with one attached hydrogen (secondary N) is 1. The van der Waals surface area contributed by atoms with Crippen molar-refractivity contribution < 1.29 is 13.2 Å².